The van der Waals surface area contributed by atoms with Crippen molar-refractivity contribution in [2.75, 3.05) is 0 Å². The van der Waals surface area contributed by atoms with Crippen molar-refractivity contribution in [3.8, 4) is 6.07 Å². The van der Waals surface area contributed by atoms with E-state index in [4.69, 9.17) is 5.26 Å². The Balaban J connectivity index is 2.81. The maximum atomic E-state index is 12.9. The minimum Gasteiger partial charge on any atom is -0.376 e. The highest BCUT2D eigenvalue weighted by atomic mass is 19.4. The second-order valence-corrected chi connectivity index (χ2v) is 4.39. The molecule has 2 nitrogen and oxygen atoms in total. The molecule has 1 unspecified atom stereocenters. The van der Waals surface area contributed by atoms with E-state index < -0.39 is 11.8 Å². The van der Waals surface area contributed by atoms with Crippen LogP contribution in [-0.2, 0) is 5.60 Å². The van der Waals surface area contributed by atoms with Gasteiger partial charge in [-0.1, -0.05) is 30.3 Å². The zero-order chi connectivity index (χ0) is 14.3. The number of nitrogens with zero attached hydrogens (tertiary/aromatic N) is 1. The van der Waals surface area contributed by atoms with Gasteiger partial charge in [0.25, 0.3) is 0 Å². The normalized spacial score (nSPS) is 14.9. The van der Waals surface area contributed by atoms with Gasteiger partial charge in [-0.05, 0) is 23.8 Å². The lowest BCUT2D eigenvalue weighted by Crippen LogP contribution is -2.39. The number of aliphatic hydroxyl groups is 1. The molecule has 0 saturated heterocycles. The number of alkyl halides is 3. The summed E-state index contributed by atoms with van der Waals surface area (Å²) in [4.78, 5) is 0. The first-order valence-corrected chi connectivity index (χ1v) is 5.50. The van der Waals surface area contributed by atoms with Gasteiger partial charge >= 0.3 is 6.18 Å². The lowest BCUT2D eigenvalue weighted by molar-refractivity contribution is -0.258. The summed E-state index contributed by atoms with van der Waals surface area (Å²) < 4.78 is 38.7. The van der Waals surface area contributed by atoms with Gasteiger partial charge < -0.3 is 5.11 Å². The van der Waals surface area contributed by atoms with Gasteiger partial charge in [-0.3, -0.25) is 0 Å². The Kier molecular flexibility index (Phi) is 2.99. The van der Waals surface area contributed by atoms with Crippen LogP contribution in [0, 0.1) is 11.3 Å². The molecule has 19 heavy (non-hydrogen) atoms. The van der Waals surface area contributed by atoms with Gasteiger partial charge in [0.15, 0.2) is 5.60 Å². The van der Waals surface area contributed by atoms with Crippen LogP contribution in [0.25, 0.3) is 10.8 Å². The average molecular weight is 265 g/mol. The zero-order valence-corrected chi connectivity index (χ0v) is 9.99. The highest BCUT2D eigenvalue weighted by molar-refractivity contribution is 5.91. The number of nitriles is 1. The van der Waals surface area contributed by atoms with Gasteiger partial charge in [0.2, 0.25) is 0 Å². The van der Waals surface area contributed by atoms with E-state index in [1.807, 2.05) is 6.07 Å². The Morgan fingerprint density at radius 3 is 2.16 bits per heavy atom. The summed E-state index contributed by atoms with van der Waals surface area (Å²) in [6.07, 6.45) is -4.79. The standard InChI is InChI=1S/C14H10F3NO/c1-13(19,14(15,16)17)12-7-6-9(8-18)10-4-2-3-5-11(10)12/h2-7,19H,1H3. The maximum Gasteiger partial charge on any atom is 0.421 e. The lowest BCUT2D eigenvalue weighted by atomic mass is 9.89. The monoisotopic (exact) mass is 265 g/mol. The number of benzene rings is 2. The summed E-state index contributed by atoms with van der Waals surface area (Å²) in [6.45, 7) is 0.709. The summed E-state index contributed by atoms with van der Waals surface area (Å²) in [7, 11) is 0. The molecule has 0 aliphatic rings. The molecular formula is C14H10F3NO. The molecule has 0 saturated carbocycles. The first-order chi connectivity index (χ1) is 8.79. The highest BCUT2D eigenvalue weighted by Crippen LogP contribution is 2.41. The summed E-state index contributed by atoms with van der Waals surface area (Å²) in [5.74, 6) is 0. The van der Waals surface area contributed by atoms with Crippen LogP contribution >= 0.6 is 0 Å². The second-order valence-electron chi connectivity index (χ2n) is 4.39. The summed E-state index contributed by atoms with van der Waals surface area (Å²) in [5.41, 5.74) is -2.94. The number of hydrogen-bond acceptors (Lipinski definition) is 2. The first-order valence-electron chi connectivity index (χ1n) is 5.50. The third kappa shape index (κ3) is 2.04. The Morgan fingerprint density at radius 2 is 1.63 bits per heavy atom. The van der Waals surface area contributed by atoms with E-state index in [0.717, 1.165) is 6.07 Å². The van der Waals surface area contributed by atoms with Gasteiger partial charge in [-0.15, -0.1) is 0 Å². The quantitative estimate of drug-likeness (QED) is 0.857. The largest absolute Gasteiger partial charge is 0.421 e. The van der Waals surface area contributed by atoms with Crippen LogP contribution in [0.2, 0.25) is 0 Å². The van der Waals surface area contributed by atoms with E-state index in [2.05, 4.69) is 0 Å². The van der Waals surface area contributed by atoms with Gasteiger partial charge in [-0.2, -0.15) is 18.4 Å². The van der Waals surface area contributed by atoms with Crippen LogP contribution in [0.4, 0.5) is 13.2 Å². The van der Waals surface area contributed by atoms with Crippen molar-refractivity contribution in [2.45, 2.75) is 18.7 Å². The van der Waals surface area contributed by atoms with Crippen molar-refractivity contribution in [2.24, 2.45) is 0 Å². The number of hydrogen-bond donors (Lipinski definition) is 1. The van der Waals surface area contributed by atoms with Crippen LogP contribution in [0.15, 0.2) is 36.4 Å². The molecule has 2 aromatic carbocycles. The van der Waals surface area contributed by atoms with E-state index >= 15 is 0 Å². The van der Waals surface area contributed by atoms with Gasteiger partial charge in [-0.25, -0.2) is 0 Å². The maximum absolute atomic E-state index is 12.9. The molecule has 0 bridgehead atoms. The van der Waals surface area contributed by atoms with Gasteiger partial charge in [0.1, 0.15) is 0 Å². The lowest BCUT2D eigenvalue weighted by Gasteiger charge is -2.28. The van der Waals surface area contributed by atoms with Crippen LogP contribution in [-0.4, -0.2) is 11.3 Å². The fourth-order valence-corrected chi connectivity index (χ4v) is 1.97. The Bertz CT molecular complexity index is 668. The van der Waals surface area contributed by atoms with Crippen molar-refractivity contribution in [1.82, 2.24) is 0 Å². The van der Waals surface area contributed by atoms with Gasteiger partial charge in [0.05, 0.1) is 11.6 Å². The molecule has 1 N–H and O–H groups in total. The third-order valence-corrected chi connectivity index (χ3v) is 3.12. The van der Waals surface area contributed by atoms with Crippen molar-refractivity contribution >= 4 is 10.8 Å². The third-order valence-electron chi connectivity index (χ3n) is 3.12. The Labute approximate surface area is 107 Å². The molecule has 0 aromatic heterocycles. The van der Waals surface area contributed by atoms with Crippen molar-refractivity contribution in [3.63, 3.8) is 0 Å². The predicted molar refractivity (Wildman–Crippen MR) is 64.3 cm³/mol. The summed E-state index contributed by atoms with van der Waals surface area (Å²) in [5, 5.41) is 19.4. The molecule has 1 atom stereocenters. The van der Waals surface area contributed by atoms with Crippen LogP contribution in [0.5, 0.6) is 0 Å². The average Bonchev–Trinajstić information content (AvgIpc) is 2.36. The van der Waals surface area contributed by atoms with Crippen LogP contribution in [0.3, 0.4) is 0 Å². The minimum atomic E-state index is -4.79. The molecule has 5 heteroatoms. The summed E-state index contributed by atoms with van der Waals surface area (Å²) >= 11 is 0. The molecule has 0 radical (unpaired) electrons. The molecular weight excluding hydrogens is 255 g/mol. The molecule has 0 fully saturated rings. The topological polar surface area (TPSA) is 44.0 Å². The second kappa shape index (κ2) is 4.25. The molecule has 0 spiro atoms. The molecule has 0 amide bonds. The number of rotatable bonds is 1. The van der Waals surface area contributed by atoms with Crippen LogP contribution in [0.1, 0.15) is 18.1 Å². The molecule has 0 heterocycles. The van der Waals surface area contributed by atoms with Crippen molar-refractivity contribution < 1.29 is 18.3 Å². The Hall–Kier alpha value is -2.06. The molecule has 2 aromatic rings. The molecule has 0 aliphatic heterocycles. The SMILES string of the molecule is CC(O)(c1ccc(C#N)c2ccccc12)C(F)(F)F. The fraction of sp³-hybridized carbons (Fsp3) is 0.214. The van der Waals surface area contributed by atoms with Crippen LogP contribution < -0.4 is 0 Å². The number of fused-ring (bicyclic) bond motifs is 1. The minimum absolute atomic E-state index is 0.226. The molecule has 2 rings (SSSR count). The highest BCUT2D eigenvalue weighted by Gasteiger charge is 2.51. The fourth-order valence-electron chi connectivity index (χ4n) is 1.97. The van der Waals surface area contributed by atoms with Crippen molar-refractivity contribution in [1.29, 1.82) is 5.26 Å². The predicted octanol–water partition coefficient (Wildman–Crippen LogP) is 3.48. The van der Waals surface area contributed by atoms with E-state index in [9.17, 15) is 18.3 Å². The number of halogens is 3. The first kappa shape index (κ1) is 13.4. The van der Waals surface area contributed by atoms with E-state index in [1.54, 1.807) is 18.2 Å². The zero-order valence-electron chi connectivity index (χ0n) is 9.99. The smallest absolute Gasteiger partial charge is 0.376 e. The van der Waals surface area contributed by atoms with E-state index in [-0.39, 0.29) is 16.5 Å². The van der Waals surface area contributed by atoms with E-state index in [1.165, 1.54) is 12.1 Å². The summed E-state index contributed by atoms with van der Waals surface area (Å²) in [6, 6.07) is 10.6. The van der Waals surface area contributed by atoms with E-state index in [0.29, 0.717) is 12.3 Å². The van der Waals surface area contributed by atoms with Crippen molar-refractivity contribution in [3.05, 3.63) is 47.5 Å². The van der Waals surface area contributed by atoms with Gasteiger partial charge in [0, 0.05) is 5.56 Å². The Morgan fingerprint density at radius 1 is 1.05 bits per heavy atom. The molecule has 0 aliphatic carbocycles. The molecule has 98 valence electrons.